The topological polar surface area (TPSA) is 46.9 Å². The molecule has 1 aromatic heterocycles. The fraction of sp³-hybridized carbons (Fsp3) is 0.111. The SMILES string of the molecule is Cc1cc(NC(=O)Cc2ccccc2)n(-c2cccc(Cl)c2)n1. The Hall–Kier alpha value is -2.59. The molecule has 0 aliphatic heterocycles. The fourth-order valence-electron chi connectivity index (χ4n) is 2.36. The summed E-state index contributed by atoms with van der Waals surface area (Å²) >= 11 is 6.04. The zero-order chi connectivity index (χ0) is 16.2. The van der Waals surface area contributed by atoms with Crippen molar-refractivity contribution >= 4 is 23.3 Å². The van der Waals surface area contributed by atoms with Crippen LogP contribution in [0.4, 0.5) is 5.82 Å². The zero-order valence-corrected chi connectivity index (χ0v) is 13.4. The molecule has 116 valence electrons. The molecule has 1 N–H and O–H groups in total. The van der Waals surface area contributed by atoms with Gasteiger partial charge in [-0.25, -0.2) is 4.68 Å². The summed E-state index contributed by atoms with van der Waals surface area (Å²) in [6.07, 6.45) is 0.320. The second-order valence-electron chi connectivity index (χ2n) is 5.27. The minimum absolute atomic E-state index is 0.0839. The maximum absolute atomic E-state index is 12.3. The van der Waals surface area contributed by atoms with Gasteiger partial charge in [0.1, 0.15) is 5.82 Å². The van der Waals surface area contributed by atoms with E-state index < -0.39 is 0 Å². The average molecular weight is 326 g/mol. The third kappa shape index (κ3) is 3.79. The van der Waals surface area contributed by atoms with Crippen LogP contribution in [0.15, 0.2) is 60.7 Å². The van der Waals surface area contributed by atoms with E-state index in [1.165, 1.54) is 0 Å². The molecule has 0 saturated heterocycles. The van der Waals surface area contributed by atoms with Gasteiger partial charge in [0.25, 0.3) is 0 Å². The predicted octanol–water partition coefficient (Wildman–Crippen LogP) is 4.02. The lowest BCUT2D eigenvalue weighted by Gasteiger charge is -2.09. The third-order valence-electron chi connectivity index (χ3n) is 3.36. The number of benzene rings is 2. The number of hydrogen-bond donors (Lipinski definition) is 1. The van der Waals surface area contributed by atoms with Gasteiger partial charge in [-0.2, -0.15) is 5.10 Å². The molecule has 3 rings (SSSR count). The van der Waals surface area contributed by atoms with E-state index in [9.17, 15) is 4.79 Å². The molecule has 1 heterocycles. The van der Waals surface area contributed by atoms with Crippen molar-refractivity contribution in [3.63, 3.8) is 0 Å². The van der Waals surface area contributed by atoms with Crippen LogP contribution in [0.3, 0.4) is 0 Å². The van der Waals surface area contributed by atoms with E-state index in [0.29, 0.717) is 17.3 Å². The highest BCUT2D eigenvalue weighted by Gasteiger charge is 2.11. The highest BCUT2D eigenvalue weighted by molar-refractivity contribution is 6.30. The van der Waals surface area contributed by atoms with Crippen molar-refractivity contribution in [3.05, 3.63) is 76.9 Å². The highest BCUT2D eigenvalue weighted by atomic mass is 35.5. The summed E-state index contributed by atoms with van der Waals surface area (Å²) in [5.74, 6) is 0.546. The van der Waals surface area contributed by atoms with Crippen LogP contribution < -0.4 is 5.32 Å². The molecule has 0 spiro atoms. The Morgan fingerprint density at radius 2 is 1.91 bits per heavy atom. The van der Waals surface area contributed by atoms with Crippen molar-refractivity contribution in [1.29, 1.82) is 0 Å². The summed E-state index contributed by atoms with van der Waals surface area (Å²) in [4.78, 5) is 12.3. The number of aromatic nitrogens is 2. The molecule has 0 bridgehead atoms. The predicted molar refractivity (Wildman–Crippen MR) is 92.1 cm³/mol. The number of amides is 1. The van der Waals surface area contributed by atoms with E-state index in [1.807, 2.05) is 55.5 Å². The Morgan fingerprint density at radius 3 is 2.65 bits per heavy atom. The van der Waals surface area contributed by atoms with E-state index >= 15 is 0 Å². The minimum Gasteiger partial charge on any atom is -0.310 e. The maximum Gasteiger partial charge on any atom is 0.229 e. The average Bonchev–Trinajstić information content (AvgIpc) is 2.88. The molecule has 0 atom stereocenters. The van der Waals surface area contributed by atoms with Crippen molar-refractivity contribution < 1.29 is 4.79 Å². The molecule has 1 amide bonds. The number of anilines is 1. The Balaban J connectivity index is 1.82. The van der Waals surface area contributed by atoms with E-state index in [0.717, 1.165) is 16.9 Å². The Bertz CT molecular complexity index is 827. The van der Waals surface area contributed by atoms with Crippen LogP contribution in [0.5, 0.6) is 0 Å². The van der Waals surface area contributed by atoms with E-state index in [1.54, 1.807) is 16.8 Å². The van der Waals surface area contributed by atoms with Crippen LogP contribution in [0.25, 0.3) is 5.69 Å². The van der Waals surface area contributed by atoms with Crippen LogP contribution in [-0.4, -0.2) is 15.7 Å². The number of nitrogens with one attached hydrogen (secondary N) is 1. The highest BCUT2D eigenvalue weighted by Crippen LogP contribution is 2.20. The number of halogens is 1. The standard InChI is InChI=1S/C18H16ClN3O/c1-13-10-17(20-18(23)11-14-6-3-2-4-7-14)22(21-13)16-9-5-8-15(19)12-16/h2-10,12H,11H2,1H3,(H,20,23). The number of rotatable bonds is 4. The van der Waals surface area contributed by atoms with Gasteiger partial charge in [-0.1, -0.05) is 48.0 Å². The third-order valence-corrected chi connectivity index (χ3v) is 3.59. The van der Waals surface area contributed by atoms with Crippen molar-refractivity contribution in [2.24, 2.45) is 0 Å². The summed E-state index contributed by atoms with van der Waals surface area (Å²) in [7, 11) is 0. The van der Waals surface area contributed by atoms with Gasteiger partial charge in [-0.3, -0.25) is 4.79 Å². The number of nitrogens with zero attached hydrogens (tertiary/aromatic N) is 2. The molecule has 2 aromatic carbocycles. The smallest absolute Gasteiger partial charge is 0.229 e. The molecule has 0 fully saturated rings. The van der Waals surface area contributed by atoms with Gasteiger partial charge in [0.15, 0.2) is 0 Å². The first-order valence-electron chi connectivity index (χ1n) is 7.28. The molecule has 5 heteroatoms. The molecule has 0 aliphatic carbocycles. The maximum atomic E-state index is 12.3. The zero-order valence-electron chi connectivity index (χ0n) is 12.7. The summed E-state index contributed by atoms with van der Waals surface area (Å²) < 4.78 is 1.68. The molecular formula is C18H16ClN3O. The molecule has 0 unspecified atom stereocenters. The number of aryl methyl sites for hydroxylation is 1. The largest absolute Gasteiger partial charge is 0.310 e. The summed E-state index contributed by atoms with van der Waals surface area (Å²) in [6.45, 7) is 1.88. The van der Waals surface area contributed by atoms with Gasteiger partial charge in [-0.05, 0) is 30.7 Å². The molecule has 0 aliphatic rings. The Morgan fingerprint density at radius 1 is 1.13 bits per heavy atom. The quantitative estimate of drug-likeness (QED) is 0.787. The lowest BCUT2D eigenvalue weighted by molar-refractivity contribution is -0.115. The van der Waals surface area contributed by atoms with E-state index in [-0.39, 0.29) is 5.91 Å². The Labute approximate surface area is 139 Å². The molecule has 0 radical (unpaired) electrons. The number of hydrogen-bond acceptors (Lipinski definition) is 2. The van der Waals surface area contributed by atoms with Gasteiger partial charge < -0.3 is 5.32 Å². The van der Waals surface area contributed by atoms with Gasteiger partial charge in [-0.15, -0.1) is 0 Å². The molecular weight excluding hydrogens is 310 g/mol. The minimum atomic E-state index is -0.0839. The van der Waals surface area contributed by atoms with Crippen LogP contribution in [0, 0.1) is 6.92 Å². The fourth-order valence-corrected chi connectivity index (χ4v) is 2.55. The van der Waals surface area contributed by atoms with E-state index in [2.05, 4.69) is 10.4 Å². The Kier molecular flexibility index (Phi) is 4.44. The molecule has 0 saturated carbocycles. The van der Waals surface area contributed by atoms with E-state index in [4.69, 9.17) is 11.6 Å². The normalized spacial score (nSPS) is 10.5. The van der Waals surface area contributed by atoms with Gasteiger partial charge >= 0.3 is 0 Å². The summed E-state index contributed by atoms with van der Waals surface area (Å²) in [5.41, 5.74) is 2.59. The number of carbonyl (C=O) groups excluding carboxylic acids is 1. The van der Waals surface area contributed by atoms with Gasteiger partial charge in [0.05, 0.1) is 17.8 Å². The van der Waals surface area contributed by atoms with Crippen molar-refractivity contribution in [3.8, 4) is 5.69 Å². The van der Waals surface area contributed by atoms with Crippen LogP contribution in [-0.2, 0) is 11.2 Å². The van der Waals surface area contributed by atoms with Crippen LogP contribution in [0.1, 0.15) is 11.3 Å². The first-order valence-corrected chi connectivity index (χ1v) is 7.66. The monoisotopic (exact) mass is 325 g/mol. The second kappa shape index (κ2) is 6.67. The van der Waals surface area contributed by atoms with Crippen LogP contribution >= 0.6 is 11.6 Å². The summed E-state index contributed by atoms with van der Waals surface area (Å²) in [6, 6.07) is 18.8. The van der Waals surface area contributed by atoms with Crippen molar-refractivity contribution in [2.75, 3.05) is 5.32 Å². The van der Waals surface area contributed by atoms with Gasteiger partial charge in [0.2, 0.25) is 5.91 Å². The van der Waals surface area contributed by atoms with Gasteiger partial charge in [0, 0.05) is 11.1 Å². The van der Waals surface area contributed by atoms with Crippen molar-refractivity contribution in [1.82, 2.24) is 9.78 Å². The van der Waals surface area contributed by atoms with Crippen LogP contribution in [0.2, 0.25) is 5.02 Å². The lowest BCUT2D eigenvalue weighted by atomic mass is 10.1. The first-order chi connectivity index (χ1) is 11.1. The number of carbonyl (C=O) groups is 1. The second-order valence-corrected chi connectivity index (χ2v) is 5.71. The molecule has 4 nitrogen and oxygen atoms in total. The van der Waals surface area contributed by atoms with Crippen molar-refractivity contribution in [2.45, 2.75) is 13.3 Å². The summed E-state index contributed by atoms with van der Waals surface area (Å²) in [5, 5.41) is 7.96. The molecule has 23 heavy (non-hydrogen) atoms. The molecule has 3 aromatic rings. The lowest BCUT2D eigenvalue weighted by Crippen LogP contribution is -2.17. The first kappa shape index (κ1) is 15.3.